The molecule has 1 fully saturated rings. The molecule has 174 valence electrons. The minimum atomic E-state index is -1.60. The van der Waals surface area contributed by atoms with E-state index in [1.807, 2.05) is 0 Å². The Labute approximate surface area is 183 Å². The predicted molar refractivity (Wildman–Crippen MR) is 107 cm³/mol. The molecule has 0 amide bonds. The van der Waals surface area contributed by atoms with Crippen molar-refractivity contribution in [3.05, 3.63) is 59.9 Å². The highest BCUT2D eigenvalue weighted by atomic mass is 16.8. The van der Waals surface area contributed by atoms with Gasteiger partial charge in [0.15, 0.2) is 6.29 Å². The Hall–Kier alpha value is -2.31. The van der Waals surface area contributed by atoms with Crippen LogP contribution in [0.5, 0.6) is 0 Å². The first-order valence-corrected chi connectivity index (χ1v) is 10.3. The second-order valence-corrected chi connectivity index (χ2v) is 7.94. The Morgan fingerprint density at radius 3 is 2.47 bits per heavy atom. The van der Waals surface area contributed by atoms with Crippen LogP contribution in [0.3, 0.4) is 0 Å². The van der Waals surface area contributed by atoms with Gasteiger partial charge in [-0.25, -0.2) is 4.79 Å². The Morgan fingerprint density at radius 2 is 1.75 bits per heavy atom. The van der Waals surface area contributed by atoms with Crippen LogP contribution in [0.15, 0.2) is 54.3 Å². The molecule has 3 aliphatic rings. The maximum Gasteiger partial charge on any atom is 0.338 e. The van der Waals surface area contributed by atoms with E-state index in [9.17, 15) is 30.3 Å². The number of hydrogen-bond donors (Lipinski definition) is 5. The summed E-state index contributed by atoms with van der Waals surface area (Å²) in [5.74, 6) is -1.52. The zero-order valence-electron chi connectivity index (χ0n) is 17.0. The van der Waals surface area contributed by atoms with Gasteiger partial charge in [0, 0.05) is 5.92 Å². The van der Waals surface area contributed by atoms with Crippen molar-refractivity contribution in [3.8, 4) is 0 Å². The van der Waals surface area contributed by atoms with Crippen molar-refractivity contribution in [1.82, 2.24) is 0 Å². The van der Waals surface area contributed by atoms with E-state index in [2.05, 4.69) is 0 Å². The fourth-order valence-corrected chi connectivity index (χ4v) is 4.17. The molecule has 0 aromatic heterocycles. The lowest BCUT2D eigenvalue weighted by atomic mass is 9.88. The molecule has 1 aromatic rings. The van der Waals surface area contributed by atoms with E-state index >= 15 is 0 Å². The van der Waals surface area contributed by atoms with Gasteiger partial charge >= 0.3 is 5.97 Å². The molecule has 1 aromatic carbocycles. The molecule has 9 atom stereocenters. The van der Waals surface area contributed by atoms with Crippen LogP contribution in [-0.4, -0.2) is 87.8 Å². The van der Waals surface area contributed by atoms with Gasteiger partial charge in [-0.3, -0.25) is 0 Å². The van der Waals surface area contributed by atoms with Crippen molar-refractivity contribution in [3.63, 3.8) is 0 Å². The summed E-state index contributed by atoms with van der Waals surface area (Å²) in [6.45, 7) is -0.709. The van der Waals surface area contributed by atoms with Gasteiger partial charge in [-0.05, 0) is 23.8 Å². The summed E-state index contributed by atoms with van der Waals surface area (Å²) < 4.78 is 22.1. The summed E-state index contributed by atoms with van der Waals surface area (Å²) in [5.41, 5.74) is 0.947. The molecular weight excluding hydrogens is 424 g/mol. The van der Waals surface area contributed by atoms with E-state index in [1.54, 1.807) is 42.5 Å². The lowest BCUT2D eigenvalue weighted by Gasteiger charge is -2.42. The third-order valence-electron chi connectivity index (χ3n) is 5.92. The molecule has 0 bridgehead atoms. The molecule has 4 rings (SSSR count). The number of benzene rings is 1. The average molecular weight is 450 g/mol. The molecule has 0 unspecified atom stereocenters. The molecule has 2 heterocycles. The number of esters is 1. The summed E-state index contributed by atoms with van der Waals surface area (Å²) in [7, 11) is 0. The largest absolute Gasteiger partial charge is 0.472 e. The number of carbonyl (C=O) groups is 1. The Morgan fingerprint density at radius 1 is 1.00 bits per heavy atom. The fraction of sp³-hybridized carbons (Fsp3) is 0.500. The van der Waals surface area contributed by atoms with Crippen molar-refractivity contribution < 1.29 is 49.3 Å². The average Bonchev–Trinajstić information content (AvgIpc) is 3.14. The molecule has 1 aliphatic carbocycles. The predicted octanol–water partition coefficient (Wildman–Crippen LogP) is -0.937. The lowest BCUT2D eigenvalue weighted by molar-refractivity contribution is -0.339. The molecule has 0 saturated carbocycles. The van der Waals surface area contributed by atoms with E-state index in [0.717, 1.165) is 0 Å². The molecule has 5 N–H and O–H groups in total. The maximum absolute atomic E-state index is 12.3. The third-order valence-corrected chi connectivity index (χ3v) is 5.92. The summed E-state index contributed by atoms with van der Waals surface area (Å²) in [4.78, 5) is 12.3. The second-order valence-electron chi connectivity index (χ2n) is 7.94. The molecule has 32 heavy (non-hydrogen) atoms. The van der Waals surface area contributed by atoms with Gasteiger partial charge in [0.05, 0.1) is 30.5 Å². The van der Waals surface area contributed by atoms with E-state index < -0.39 is 67.5 Å². The van der Waals surface area contributed by atoms with Crippen molar-refractivity contribution in [2.24, 2.45) is 11.8 Å². The SMILES string of the molecule is O=C(OCC1=C[C@@H](O)[C@H]2C=CO[C@@H](O[C@H]3O[C@H](CO)[C@@H](O)[C@H](O)[C@H]3O)[C@H]12)c1ccccc1. The van der Waals surface area contributed by atoms with Crippen LogP contribution < -0.4 is 0 Å². The molecule has 0 radical (unpaired) electrons. The van der Waals surface area contributed by atoms with Crippen molar-refractivity contribution in [2.75, 3.05) is 13.2 Å². The summed E-state index contributed by atoms with van der Waals surface area (Å²) >= 11 is 0. The van der Waals surface area contributed by atoms with Crippen molar-refractivity contribution in [2.45, 2.75) is 43.1 Å². The van der Waals surface area contributed by atoms with Crippen LogP contribution in [0.1, 0.15) is 10.4 Å². The van der Waals surface area contributed by atoms with Gasteiger partial charge in [-0.2, -0.15) is 0 Å². The van der Waals surface area contributed by atoms with Gasteiger partial charge in [0.1, 0.15) is 31.0 Å². The molecule has 1 saturated heterocycles. The smallest absolute Gasteiger partial charge is 0.338 e. The van der Waals surface area contributed by atoms with E-state index in [1.165, 1.54) is 6.26 Å². The van der Waals surface area contributed by atoms with Crippen LogP contribution >= 0.6 is 0 Å². The van der Waals surface area contributed by atoms with Gasteiger partial charge in [0.25, 0.3) is 0 Å². The molecule has 2 aliphatic heterocycles. The van der Waals surface area contributed by atoms with E-state index in [4.69, 9.17) is 18.9 Å². The highest BCUT2D eigenvalue weighted by Gasteiger charge is 2.49. The number of aliphatic hydroxyl groups is 5. The summed E-state index contributed by atoms with van der Waals surface area (Å²) in [6, 6.07) is 8.47. The minimum Gasteiger partial charge on any atom is -0.472 e. The van der Waals surface area contributed by atoms with Crippen molar-refractivity contribution >= 4 is 5.97 Å². The highest BCUT2D eigenvalue weighted by molar-refractivity contribution is 5.89. The maximum atomic E-state index is 12.3. The molecule has 0 spiro atoms. The minimum absolute atomic E-state index is 0.113. The summed E-state index contributed by atoms with van der Waals surface area (Å²) in [6.07, 6.45) is -4.61. The third kappa shape index (κ3) is 4.44. The zero-order valence-corrected chi connectivity index (χ0v) is 17.0. The first kappa shape index (κ1) is 22.9. The van der Waals surface area contributed by atoms with Gasteiger partial charge in [0.2, 0.25) is 6.29 Å². The Balaban J connectivity index is 1.46. The Bertz CT molecular complexity index is 854. The van der Waals surface area contributed by atoms with Gasteiger partial charge in [-0.1, -0.05) is 24.3 Å². The number of carbonyl (C=O) groups excluding carboxylic acids is 1. The van der Waals surface area contributed by atoms with Crippen molar-refractivity contribution in [1.29, 1.82) is 0 Å². The highest BCUT2D eigenvalue weighted by Crippen LogP contribution is 2.41. The van der Waals surface area contributed by atoms with E-state index in [-0.39, 0.29) is 6.61 Å². The lowest BCUT2D eigenvalue weighted by Crippen LogP contribution is -2.60. The topological polar surface area (TPSA) is 155 Å². The Kier molecular flexibility index (Phi) is 6.91. The first-order valence-electron chi connectivity index (χ1n) is 10.3. The quantitative estimate of drug-likeness (QED) is 0.271. The number of fused-ring (bicyclic) bond motifs is 1. The molecular formula is C22H26O10. The standard InChI is InChI=1S/C22H26O10/c23-9-15-17(25)18(26)19(27)22(31-15)32-21-16-12(8-14(24)13(16)6-7-29-21)10-30-20(28)11-4-2-1-3-5-11/h1-8,13-19,21-27H,9-10H2/t13-,14-,15-,16-,17-,18+,19-,21+,22-/m1/s1. The normalized spacial score (nSPS) is 38.5. The van der Waals surface area contributed by atoms with Gasteiger partial charge in [-0.15, -0.1) is 0 Å². The van der Waals surface area contributed by atoms with Crippen LogP contribution in [0.4, 0.5) is 0 Å². The van der Waals surface area contributed by atoms with Crippen LogP contribution in [0.25, 0.3) is 0 Å². The van der Waals surface area contributed by atoms with Gasteiger partial charge < -0.3 is 44.5 Å². The van der Waals surface area contributed by atoms with Crippen LogP contribution in [-0.2, 0) is 18.9 Å². The fourth-order valence-electron chi connectivity index (χ4n) is 4.17. The first-order chi connectivity index (χ1) is 15.4. The van der Waals surface area contributed by atoms with E-state index in [0.29, 0.717) is 11.1 Å². The van der Waals surface area contributed by atoms with Crippen LogP contribution in [0.2, 0.25) is 0 Å². The number of hydrogen-bond acceptors (Lipinski definition) is 10. The number of aliphatic hydroxyl groups excluding tert-OH is 5. The molecule has 10 nitrogen and oxygen atoms in total. The van der Waals surface area contributed by atoms with Crippen LogP contribution in [0, 0.1) is 11.8 Å². The number of ether oxygens (including phenoxy) is 4. The second kappa shape index (κ2) is 9.67. The summed E-state index contributed by atoms with van der Waals surface area (Å²) in [5, 5.41) is 50.0. The molecule has 10 heteroatoms. The zero-order chi connectivity index (χ0) is 22.8. The number of rotatable bonds is 6. The monoisotopic (exact) mass is 450 g/mol.